The zero-order chi connectivity index (χ0) is 23.9. The minimum atomic E-state index is -0.541. The number of carbonyl (C=O) groups excluding carboxylic acids is 1. The van der Waals surface area contributed by atoms with Crippen molar-refractivity contribution in [1.29, 1.82) is 0 Å². The van der Waals surface area contributed by atoms with Crippen molar-refractivity contribution >= 4 is 33.8 Å². The Balaban J connectivity index is 1.37. The van der Waals surface area contributed by atoms with Crippen LogP contribution in [0, 0.1) is 0 Å². The topological polar surface area (TPSA) is 75.5 Å². The molecule has 3 heterocycles. The normalized spacial score (nSPS) is 15.6. The molecule has 0 amide bonds. The van der Waals surface area contributed by atoms with Crippen LogP contribution in [-0.2, 0) is 4.74 Å². The molecular weight excluding hydrogens is 428 g/mol. The van der Waals surface area contributed by atoms with E-state index in [9.17, 15) is 4.79 Å². The number of fused-ring (bicyclic) bond motifs is 2. The summed E-state index contributed by atoms with van der Waals surface area (Å²) in [6, 6.07) is 14.2. The van der Waals surface area contributed by atoms with Crippen LogP contribution in [0.3, 0.4) is 0 Å². The molecule has 0 bridgehead atoms. The molecule has 0 spiro atoms. The average Bonchev–Trinajstić information content (AvgIpc) is 3.23. The van der Waals surface area contributed by atoms with Gasteiger partial charge >= 0.3 is 6.09 Å². The van der Waals surface area contributed by atoms with Gasteiger partial charge in [-0.3, -0.25) is 9.99 Å². The molecule has 0 radical (unpaired) electrons. The molecule has 0 atom stereocenters. The molecule has 34 heavy (non-hydrogen) atoms. The van der Waals surface area contributed by atoms with E-state index in [2.05, 4.69) is 45.6 Å². The number of hydrogen-bond acceptors (Lipinski definition) is 7. The molecule has 1 fully saturated rings. The summed E-state index contributed by atoms with van der Waals surface area (Å²) in [4.78, 5) is 24.0. The SMILES string of the molecule is CN1CCN(Nc2ncc3cc(-c4ccc5c(ccn5C(=O)OC(C)(C)C)c4)ccc3n2)CC1. The van der Waals surface area contributed by atoms with Crippen LogP contribution in [0.25, 0.3) is 32.9 Å². The average molecular weight is 459 g/mol. The fourth-order valence-electron chi connectivity index (χ4n) is 4.12. The highest BCUT2D eigenvalue weighted by molar-refractivity contribution is 5.93. The van der Waals surface area contributed by atoms with E-state index >= 15 is 0 Å². The zero-order valence-electron chi connectivity index (χ0n) is 20.1. The van der Waals surface area contributed by atoms with Crippen molar-refractivity contribution in [2.24, 2.45) is 0 Å². The van der Waals surface area contributed by atoms with Crippen LogP contribution in [0.2, 0.25) is 0 Å². The first-order valence-electron chi connectivity index (χ1n) is 11.6. The van der Waals surface area contributed by atoms with Crippen molar-refractivity contribution in [1.82, 2.24) is 24.4 Å². The van der Waals surface area contributed by atoms with Gasteiger partial charge in [-0.1, -0.05) is 12.1 Å². The van der Waals surface area contributed by atoms with Crippen molar-refractivity contribution < 1.29 is 9.53 Å². The second-order valence-electron chi connectivity index (χ2n) is 9.81. The van der Waals surface area contributed by atoms with Crippen molar-refractivity contribution in [2.75, 3.05) is 38.7 Å². The maximum Gasteiger partial charge on any atom is 0.418 e. The number of carbonyl (C=O) groups is 1. The van der Waals surface area contributed by atoms with Crippen LogP contribution in [0.15, 0.2) is 54.9 Å². The third-order valence-corrected chi connectivity index (χ3v) is 5.95. The summed E-state index contributed by atoms with van der Waals surface area (Å²) in [6.07, 6.45) is 3.24. The minimum Gasteiger partial charge on any atom is -0.443 e. The van der Waals surface area contributed by atoms with Crippen molar-refractivity contribution in [3.63, 3.8) is 0 Å². The Morgan fingerprint density at radius 2 is 1.68 bits per heavy atom. The molecule has 8 heteroatoms. The van der Waals surface area contributed by atoms with E-state index in [1.54, 1.807) is 10.8 Å². The monoisotopic (exact) mass is 458 g/mol. The number of hydrogen-bond donors (Lipinski definition) is 1. The minimum absolute atomic E-state index is 0.376. The van der Waals surface area contributed by atoms with Gasteiger partial charge in [0, 0.05) is 49.3 Å². The van der Waals surface area contributed by atoms with E-state index in [1.807, 2.05) is 51.2 Å². The van der Waals surface area contributed by atoms with E-state index in [4.69, 9.17) is 9.72 Å². The lowest BCUT2D eigenvalue weighted by Gasteiger charge is -2.32. The van der Waals surface area contributed by atoms with Crippen molar-refractivity contribution in [2.45, 2.75) is 26.4 Å². The third-order valence-electron chi connectivity index (χ3n) is 5.95. The number of piperazine rings is 1. The van der Waals surface area contributed by atoms with E-state index in [0.717, 1.165) is 59.1 Å². The van der Waals surface area contributed by atoms with E-state index in [0.29, 0.717) is 5.95 Å². The molecule has 5 rings (SSSR count). The van der Waals surface area contributed by atoms with Crippen LogP contribution in [0.4, 0.5) is 10.7 Å². The first-order valence-corrected chi connectivity index (χ1v) is 11.6. The summed E-state index contributed by atoms with van der Waals surface area (Å²) in [6.45, 7) is 9.52. The number of rotatable bonds is 3. The van der Waals surface area contributed by atoms with Crippen LogP contribution in [0.5, 0.6) is 0 Å². The molecule has 0 unspecified atom stereocenters. The summed E-state index contributed by atoms with van der Waals surface area (Å²) in [5.41, 5.74) is 6.64. The number of ether oxygens (including phenoxy) is 1. The Morgan fingerprint density at radius 1 is 0.971 bits per heavy atom. The summed E-state index contributed by atoms with van der Waals surface area (Å²) in [5.74, 6) is 0.620. The molecule has 4 aromatic rings. The number of nitrogens with zero attached hydrogens (tertiary/aromatic N) is 5. The largest absolute Gasteiger partial charge is 0.443 e. The fourth-order valence-corrected chi connectivity index (χ4v) is 4.12. The molecule has 8 nitrogen and oxygen atoms in total. The number of likely N-dealkylation sites (N-methyl/N-ethyl adjacent to an activating group) is 1. The molecular formula is C26H30N6O2. The summed E-state index contributed by atoms with van der Waals surface area (Å²) < 4.78 is 7.06. The standard InChI is InChI=1S/C26H30N6O2/c1-26(2,3)34-25(33)32-10-9-20-15-19(6-8-23(20)32)18-5-7-22-21(16-18)17-27-24(28-22)29-31-13-11-30(4)12-14-31/h5-10,15-17H,11-14H2,1-4H3,(H,27,28,29). The summed E-state index contributed by atoms with van der Waals surface area (Å²) >= 11 is 0. The zero-order valence-corrected chi connectivity index (χ0v) is 20.1. The molecule has 1 aliphatic rings. The number of nitrogens with one attached hydrogen (secondary N) is 1. The Morgan fingerprint density at radius 3 is 2.41 bits per heavy atom. The first-order chi connectivity index (χ1) is 16.2. The molecule has 1 saturated heterocycles. The molecule has 1 N–H and O–H groups in total. The van der Waals surface area contributed by atoms with Gasteiger partial charge in [-0.25, -0.2) is 19.8 Å². The summed E-state index contributed by atoms with van der Waals surface area (Å²) in [5, 5.41) is 4.12. The fraction of sp³-hybridized carbons (Fsp3) is 0.346. The lowest BCUT2D eigenvalue weighted by Crippen LogP contribution is -2.47. The van der Waals surface area contributed by atoms with Gasteiger partial charge < -0.3 is 9.64 Å². The lowest BCUT2D eigenvalue weighted by molar-refractivity contribution is 0.0544. The maximum atomic E-state index is 12.5. The van der Waals surface area contributed by atoms with Crippen LogP contribution >= 0.6 is 0 Å². The first kappa shape index (κ1) is 22.3. The van der Waals surface area contributed by atoms with Gasteiger partial charge in [-0.05, 0) is 69.3 Å². The van der Waals surface area contributed by atoms with E-state index in [1.165, 1.54) is 0 Å². The Bertz CT molecular complexity index is 1350. The van der Waals surface area contributed by atoms with Gasteiger partial charge in [-0.2, -0.15) is 0 Å². The predicted molar refractivity (Wildman–Crippen MR) is 135 cm³/mol. The van der Waals surface area contributed by atoms with Gasteiger partial charge in [-0.15, -0.1) is 0 Å². The smallest absolute Gasteiger partial charge is 0.418 e. The summed E-state index contributed by atoms with van der Waals surface area (Å²) in [7, 11) is 2.13. The lowest BCUT2D eigenvalue weighted by atomic mass is 10.0. The molecule has 0 aliphatic carbocycles. The molecule has 176 valence electrons. The van der Waals surface area contributed by atoms with E-state index < -0.39 is 5.60 Å². The van der Waals surface area contributed by atoms with Crippen molar-refractivity contribution in [3.05, 3.63) is 54.9 Å². The highest BCUT2D eigenvalue weighted by Gasteiger charge is 2.19. The molecule has 2 aromatic heterocycles. The van der Waals surface area contributed by atoms with Crippen LogP contribution in [-0.4, -0.2) is 69.4 Å². The second kappa shape index (κ2) is 8.70. The van der Waals surface area contributed by atoms with Gasteiger partial charge in [0.2, 0.25) is 5.95 Å². The quantitative estimate of drug-likeness (QED) is 0.480. The number of aromatic nitrogens is 3. The van der Waals surface area contributed by atoms with Crippen molar-refractivity contribution in [3.8, 4) is 11.1 Å². The van der Waals surface area contributed by atoms with E-state index in [-0.39, 0.29) is 6.09 Å². The predicted octanol–water partition coefficient (Wildman–Crippen LogP) is 4.61. The Labute approximate surface area is 199 Å². The number of hydrazine groups is 1. The number of anilines is 1. The molecule has 2 aromatic carbocycles. The van der Waals surface area contributed by atoms with Gasteiger partial charge in [0.1, 0.15) is 5.60 Å². The van der Waals surface area contributed by atoms with Crippen LogP contribution < -0.4 is 5.43 Å². The van der Waals surface area contributed by atoms with Gasteiger partial charge in [0.25, 0.3) is 0 Å². The highest BCUT2D eigenvalue weighted by atomic mass is 16.6. The third kappa shape index (κ3) is 4.73. The Hall–Kier alpha value is -3.49. The molecule has 0 saturated carbocycles. The highest BCUT2D eigenvalue weighted by Crippen LogP contribution is 2.28. The number of benzene rings is 2. The Kier molecular flexibility index (Phi) is 5.71. The second-order valence-corrected chi connectivity index (χ2v) is 9.81. The van der Waals surface area contributed by atoms with Crippen LogP contribution in [0.1, 0.15) is 20.8 Å². The van der Waals surface area contributed by atoms with Gasteiger partial charge in [0.05, 0.1) is 11.0 Å². The van der Waals surface area contributed by atoms with Gasteiger partial charge in [0.15, 0.2) is 0 Å². The maximum absolute atomic E-state index is 12.5. The molecule has 1 aliphatic heterocycles.